The Bertz CT molecular complexity index is 1260. The van der Waals surface area contributed by atoms with Crippen molar-refractivity contribution < 1.29 is 18.8 Å². The van der Waals surface area contributed by atoms with E-state index in [1.54, 1.807) is 21.9 Å². The van der Waals surface area contributed by atoms with Gasteiger partial charge in [-0.05, 0) is 68.6 Å². The fourth-order valence-electron chi connectivity index (χ4n) is 4.77. The molecule has 2 saturated heterocycles. The number of likely N-dealkylation sites (tertiary alicyclic amines) is 2. The number of aldehydes is 1. The molecule has 2 aliphatic heterocycles. The number of carbonyl (C=O) groups is 3. The SMILES string of the molecule is C=C(Nc1ccccc1)C1CC(C#N)N(C(=O)CN(C)C)C1.CC(C)(C)C.O=CC(Cc1ccc(F)cc1)N1CCCC1=O. The Morgan fingerprint density at radius 1 is 1.16 bits per heavy atom. The average Bonchev–Trinajstić information content (AvgIpc) is 3.59. The van der Waals surface area contributed by atoms with Crippen LogP contribution >= 0.6 is 0 Å². The van der Waals surface area contributed by atoms with Crippen molar-refractivity contribution in [2.45, 2.75) is 65.5 Å². The van der Waals surface area contributed by atoms with Crippen LogP contribution in [0.1, 0.15) is 52.5 Å². The summed E-state index contributed by atoms with van der Waals surface area (Å²) in [5, 5.41) is 12.6. The zero-order valence-corrected chi connectivity index (χ0v) is 27.1. The average molecular weight is 606 g/mol. The van der Waals surface area contributed by atoms with Crippen molar-refractivity contribution in [3.8, 4) is 6.07 Å². The van der Waals surface area contributed by atoms with Gasteiger partial charge in [0.1, 0.15) is 18.1 Å². The number of nitriles is 1. The predicted octanol–water partition coefficient (Wildman–Crippen LogP) is 5.52. The van der Waals surface area contributed by atoms with E-state index in [9.17, 15) is 24.0 Å². The Morgan fingerprint density at radius 3 is 2.27 bits per heavy atom. The van der Waals surface area contributed by atoms with Crippen molar-refractivity contribution in [2.75, 3.05) is 39.0 Å². The number of nitrogens with one attached hydrogen (secondary N) is 1. The molecule has 3 atom stereocenters. The molecule has 2 heterocycles. The number of carbonyl (C=O) groups excluding carboxylic acids is 3. The van der Waals surface area contributed by atoms with Gasteiger partial charge in [-0.2, -0.15) is 5.26 Å². The Kier molecular flexibility index (Phi) is 14.2. The van der Waals surface area contributed by atoms with E-state index in [0.29, 0.717) is 44.3 Å². The molecule has 8 nitrogen and oxygen atoms in total. The van der Waals surface area contributed by atoms with Gasteiger partial charge < -0.3 is 24.8 Å². The first kappa shape index (κ1) is 36.2. The number of benzene rings is 2. The molecule has 2 aromatic rings. The second-order valence-electron chi connectivity index (χ2n) is 13.1. The lowest BCUT2D eigenvalue weighted by Crippen LogP contribution is -2.40. The summed E-state index contributed by atoms with van der Waals surface area (Å²) in [5.74, 6) is -0.180. The van der Waals surface area contributed by atoms with Gasteiger partial charge in [0, 0.05) is 36.8 Å². The van der Waals surface area contributed by atoms with E-state index in [-0.39, 0.29) is 29.6 Å². The third-order valence-electron chi connectivity index (χ3n) is 6.82. The number of hydrogen-bond donors (Lipinski definition) is 1. The molecule has 0 radical (unpaired) electrons. The number of nitrogens with zero attached hydrogens (tertiary/aromatic N) is 4. The highest BCUT2D eigenvalue weighted by Crippen LogP contribution is 2.29. The van der Waals surface area contributed by atoms with Crippen molar-refractivity contribution in [3.63, 3.8) is 0 Å². The third-order valence-corrected chi connectivity index (χ3v) is 6.82. The molecular weight excluding hydrogens is 557 g/mol. The van der Waals surface area contributed by atoms with Crippen LogP contribution in [0.4, 0.5) is 10.1 Å². The molecule has 0 saturated carbocycles. The van der Waals surface area contributed by atoms with E-state index < -0.39 is 6.04 Å². The Morgan fingerprint density at radius 2 is 1.77 bits per heavy atom. The molecule has 2 aliphatic rings. The largest absolute Gasteiger partial charge is 0.359 e. The smallest absolute Gasteiger partial charge is 0.237 e. The zero-order chi connectivity index (χ0) is 32.9. The minimum atomic E-state index is -0.421. The van der Waals surface area contributed by atoms with Crippen LogP contribution in [0.25, 0.3) is 0 Å². The van der Waals surface area contributed by atoms with E-state index in [1.165, 1.54) is 12.1 Å². The lowest BCUT2D eigenvalue weighted by molar-refractivity contribution is -0.132. The number of rotatable bonds is 9. The summed E-state index contributed by atoms with van der Waals surface area (Å²) in [7, 11) is 3.70. The van der Waals surface area contributed by atoms with Gasteiger partial charge >= 0.3 is 0 Å². The molecule has 2 aromatic carbocycles. The van der Waals surface area contributed by atoms with Gasteiger partial charge in [0.15, 0.2) is 0 Å². The summed E-state index contributed by atoms with van der Waals surface area (Å²) in [5.41, 5.74) is 3.19. The first-order valence-electron chi connectivity index (χ1n) is 15.1. The Hall–Kier alpha value is -4.03. The van der Waals surface area contributed by atoms with E-state index in [1.807, 2.05) is 49.3 Å². The third kappa shape index (κ3) is 12.7. The number of anilines is 1. The maximum Gasteiger partial charge on any atom is 0.237 e. The fraction of sp³-hybridized carbons (Fsp3) is 0.486. The van der Waals surface area contributed by atoms with Gasteiger partial charge in [0.2, 0.25) is 11.8 Å². The second kappa shape index (κ2) is 17.3. The van der Waals surface area contributed by atoms with Crippen molar-refractivity contribution in [1.82, 2.24) is 14.7 Å². The molecule has 9 heteroatoms. The number of hydrogen-bond acceptors (Lipinski definition) is 6. The monoisotopic (exact) mass is 605 g/mol. The van der Waals surface area contributed by atoms with Crippen LogP contribution in [0.3, 0.4) is 0 Å². The van der Waals surface area contributed by atoms with Crippen LogP contribution in [0.15, 0.2) is 66.9 Å². The maximum absolute atomic E-state index is 12.7. The number of para-hydroxylation sites is 1. The molecule has 3 unspecified atom stereocenters. The minimum absolute atomic E-state index is 0.00781. The van der Waals surface area contributed by atoms with Crippen molar-refractivity contribution in [3.05, 3.63) is 78.3 Å². The lowest BCUT2D eigenvalue weighted by atomic mass is 10.0. The molecule has 44 heavy (non-hydrogen) atoms. The van der Waals surface area contributed by atoms with Gasteiger partial charge in [0.05, 0.1) is 18.7 Å². The van der Waals surface area contributed by atoms with E-state index in [4.69, 9.17) is 0 Å². The van der Waals surface area contributed by atoms with Gasteiger partial charge in [-0.1, -0.05) is 64.6 Å². The summed E-state index contributed by atoms with van der Waals surface area (Å²) in [4.78, 5) is 39.9. The zero-order valence-electron chi connectivity index (χ0n) is 27.1. The number of halogens is 1. The van der Waals surface area contributed by atoms with Crippen LogP contribution in [0.2, 0.25) is 0 Å². The summed E-state index contributed by atoms with van der Waals surface area (Å²) < 4.78 is 12.7. The molecule has 0 aliphatic carbocycles. The highest BCUT2D eigenvalue weighted by atomic mass is 19.1. The Balaban J connectivity index is 0.000000272. The molecule has 4 rings (SSSR count). The van der Waals surface area contributed by atoms with Crippen LogP contribution in [0, 0.1) is 28.5 Å². The van der Waals surface area contributed by atoms with E-state index >= 15 is 0 Å². The standard InChI is InChI=1S/C17H22N4O.C13H14FNO2.C5H12/c1-13(19-15-7-5-4-6-8-15)14-9-16(10-18)21(11-14)17(22)12-20(2)3;14-11-5-3-10(4-6-11)8-12(9-16)15-7-1-2-13(15)17;1-5(2,3)4/h4-8,14,16,19H,1,9,11-12H2,2-3H3;3-6,9,12H,1-2,7-8H2;1-4H3. The quantitative estimate of drug-likeness (QED) is 0.378. The molecule has 0 aromatic heterocycles. The van der Waals surface area contributed by atoms with Crippen LogP contribution in [0.5, 0.6) is 0 Å². The Labute approximate surface area is 262 Å². The predicted molar refractivity (Wildman–Crippen MR) is 173 cm³/mol. The van der Waals surface area contributed by atoms with Gasteiger partial charge in [-0.25, -0.2) is 4.39 Å². The van der Waals surface area contributed by atoms with Crippen molar-refractivity contribution >= 4 is 23.8 Å². The number of amides is 2. The van der Waals surface area contributed by atoms with Crippen LogP contribution < -0.4 is 5.32 Å². The summed E-state index contributed by atoms with van der Waals surface area (Å²) in [6.45, 7) is 14.3. The topological polar surface area (TPSA) is 96.8 Å². The highest BCUT2D eigenvalue weighted by molar-refractivity contribution is 5.81. The van der Waals surface area contributed by atoms with Gasteiger partial charge in [-0.15, -0.1) is 0 Å². The van der Waals surface area contributed by atoms with Crippen molar-refractivity contribution in [2.24, 2.45) is 11.3 Å². The number of likely N-dealkylation sites (N-methyl/N-ethyl adjacent to an activating group) is 1. The summed E-state index contributed by atoms with van der Waals surface area (Å²) in [6, 6.07) is 17.3. The molecule has 0 spiro atoms. The lowest BCUT2D eigenvalue weighted by Gasteiger charge is -2.22. The minimum Gasteiger partial charge on any atom is -0.359 e. The fourth-order valence-corrected chi connectivity index (χ4v) is 4.77. The molecule has 2 fully saturated rings. The van der Waals surface area contributed by atoms with Crippen molar-refractivity contribution in [1.29, 1.82) is 5.26 Å². The molecule has 1 N–H and O–H groups in total. The van der Waals surface area contributed by atoms with Crippen LogP contribution in [-0.2, 0) is 20.8 Å². The van der Waals surface area contributed by atoms with Crippen LogP contribution in [-0.4, -0.2) is 78.6 Å². The van der Waals surface area contributed by atoms with Gasteiger partial charge in [-0.3, -0.25) is 9.59 Å². The molecule has 238 valence electrons. The van der Waals surface area contributed by atoms with E-state index in [0.717, 1.165) is 29.7 Å². The normalized spacial score (nSPS) is 18.4. The first-order valence-corrected chi connectivity index (χ1v) is 15.1. The highest BCUT2D eigenvalue weighted by Gasteiger charge is 2.36. The molecule has 0 bridgehead atoms. The second-order valence-corrected chi connectivity index (χ2v) is 13.1. The summed E-state index contributed by atoms with van der Waals surface area (Å²) in [6.07, 6.45) is 3.22. The molecule has 2 amide bonds. The summed E-state index contributed by atoms with van der Waals surface area (Å²) >= 11 is 0. The molecular formula is C35H48FN5O3. The van der Waals surface area contributed by atoms with Gasteiger partial charge in [0.25, 0.3) is 0 Å². The van der Waals surface area contributed by atoms with E-state index in [2.05, 4.69) is 45.7 Å². The first-order chi connectivity index (χ1) is 20.7. The maximum atomic E-state index is 12.7.